The van der Waals surface area contributed by atoms with Gasteiger partial charge in [0.15, 0.2) is 0 Å². The van der Waals surface area contributed by atoms with E-state index >= 15 is 0 Å². The van der Waals surface area contributed by atoms with Gasteiger partial charge in [0, 0.05) is 32.0 Å². The second-order valence-corrected chi connectivity index (χ2v) is 6.14. The average Bonchev–Trinajstić information content (AvgIpc) is 3.00. The summed E-state index contributed by atoms with van der Waals surface area (Å²) in [5.41, 5.74) is 2.30. The van der Waals surface area contributed by atoms with E-state index in [0.29, 0.717) is 23.4 Å². The van der Waals surface area contributed by atoms with Gasteiger partial charge in [-0.3, -0.25) is 19.3 Å². The fourth-order valence-electron chi connectivity index (χ4n) is 2.89. The molecule has 3 amide bonds. The number of amides is 3. The molecule has 2 aromatic rings. The van der Waals surface area contributed by atoms with E-state index in [1.165, 1.54) is 0 Å². The highest BCUT2D eigenvalue weighted by Gasteiger charge is 2.30. The highest BCUT2D eigenvalue weighted by Crippen LogP contribution is 2.24. The minimum Gasteiger partial charge on any atom is -0.337 e. The summed E-state index contributed by atoms with van der Waals surface area (Å²) < 4.78 is 0. The van der Waals surface area contributed by atoms with Gasteiger partial charge in [0.05, 0.1) is 17.3 Å². The maximum atomic E-state index is 12.7. The molecule has 0 N–H and O–H groups in total. The number of hydrogen-bond acceptors (Lipinski definition) is 4. The summed E-state index contributed by atoms with van der Waals surface area (Å²) in [6.07, 6.45) is 0.408. The van der Waals surface area contributed by atoms with Crippen LogP contribution in [0.3, 0.4) is 0 Å². The van der Waals surface area contributed by atoms with Gasteiger partial charge < -0.3 is 4.90 Å². The molecule has 0 unspecified atom stereocenters. The van der Waals surface area contributed by atoms with E-state index in [4.69, 9.17) is 5.26 Å². The van der Waals surface area contributed by atoms with Crippen LogP contribution in [0.5, 0.6) is 0 Å². The number of carbonyl (C=O) groups is 3. The highest BCUT2D eigenvalue weighted by molar-refractivity contribution is 6.20. The number of nitrogens with zero attached hydrogens (tertiary/aromatic N) is 3. The van der Waals surface area contributed by atoms with Crippen molar-refractivity contribution in [1.29, 1.82) is 5.26 Å². The molecule has 0 aromatic heterocycles. The van der Waals surface area contributed by atoms with Gasteiger partial charge in [-0.15, -0.1) is 0 Å². The first kappa shape index (κ1) is 17.4. The smallest absolute Gasteiger partial charge is 0.253 e. The Hall–Kier alpha value is -3.46. The summed E-state index contributed by atoms with van der Waals surface area (Å²) in [5, 5.41) is 8.83. The van der Waals surface area contributed by atoms with E-state index in [2.05, 4.69) is 6.07 Å². The predicted octanol–water partition coefficient (Wildman–Crippen LogP) is 2.48. The number of anilines is 1. The number of imide groups is 1. The molecule has 0 radical (unpaired) electrons. The van der Waals surface area contributed by atoms with Crippen LogP contribution in [0.1, 0.15) is 34.3 Å². The maximum absolute atomic E-state index is 12.7. The van der Waals surface area contributed by atoms with Gasteiger partial charge in [0.2, 0.25) is 11.8 Å². The van der Waals surface area contributed by atoms with Gasteiger partial charge in [-0.05, 0) is 35.9 Å². The quantitative estimate of drug-likeness (QED) is 0.796. The summed E-state index contributed by atoms with van der Waals surface area (Å²) >= 11 is 0. The van der Waals surface area contributed by atoms with Gasteiger partial charge in [-0.1, -0.05) is 18.2 Å². The fraction of sp³-hybridized carbons (Fsp3) is 0.200. The van der Waals surface area contributed by atoms with Crippen molar-refractivity contribution in [3.8, 4) is 6.07 Å². The van der Waals surface area contributed by atoms with Crippen molar-refractivity contribution in [2.45, 2.75) is 19.4 Å². The summed E-state index contributed by atoms with van der Waals surface area (Å²) in [6, 6.07) is 15.6. The van der Waals surface area contributed by atoms with E-state index in [1.54, 1.807) is 60.5 Å². The lowest BCUT2D eigenvalue weighted by molar-refractivity contribution is -0.121. The van der Waals surface area contributed by atoms with E-state index in [-0.39, 0.29) is 30.6 Å². The molecule has 3 rings (SSSR count). The zero-order chi connectivity index (χ0) is 18.7. The van der Waals surface area contributed by atoms with Gasteiger partial charge in [-0.25, -0.2) is 0 Å². The molecule has 1 aliphatic rings. The van der Waals surface area contributed by atoms with Crippen LogP contribution in [0.4, 0.5) is 5.69 Å². The summed E-state index contributed by atoms with van der Waals surface area (Å²) in [5.74, 6) is -0.702. The zero-order valence-electron chi connectivity index (χ0n) is 14.3. The van der Waals surface area contributed by atoms with Gasteiger partial charge in [0.1, 0.15) is 0 Å². The molecule has 6 nitrogen and oxygen atoms in total. The van der Waals surface area contributed by atoms with Crippen LogP contribution in [0.25, 0.3) is 0 Å². The Labute approximate surface area is 151 Å². The second kappa shape index (κ2) is 7.19. The first-order valence-electron chi connectivity index (χ1n) is 8.20. The van der Waals surface area contributed by atoms with Crippen molar-refractivity contribution in [3.05, 3.63) is 65.2 Å². The largest absolute Gasteiger partial charge is 0.337 e. The molecule has 0 bridgehead atoms. The lowest BCUT2D eigenvalue weighted by atomic mass is 10.1. The summed E-state index contributed by atoms with van der Waals surface area (Å²) in [7, 11) is 1.68. The Morgan fingerprint density at radius 1 is 1.12 bits per heavy atom. The molecule has 26 heavy (non-hydrogen) atoms. The molecular weight excluding hydrogens is 330 g/mol. The molecular formula is C20H17N3O3. The minimum atomic E-state index is -0.245. The number of benzene rings is 2. The van der Waals surface area contributed by atoms with Crippen LogP contribution < -0.4 is 4.90 Å². The topological polar surface area (TPSA) is 81.5 Å². The summed E-state index contributed by atoms with van der Waals surface area (Å²) in [6.45, 7) is 0.385. The normalized spacial score (nSPS) is 13.6. The van der Waals surface area contributed by atoms with Gasteiger partial charge >= 0.3 is 0 Å². The molecule has 2 aromatic carbocycles. The predicted molar refractivity (Wildman–Crippen MR) is 95.1 cm³/mol. The Morgan fingerprint density at radius 3 is 2.38 bits per heavy atom. The molecule has 0 saturated carbocycles. The Balaban J connectivity index is 1.76. The number of carbonyl (C=O) groups excluding carboxylic acids is 3. The van der Waals surface area contributed by atoms with Crippen molar-refractivity contribution >= 4 is 23.4 Å². The molecule has 0 spiro atoms. The average molecular weight is 347 g/mol. The highest BCUT2D eigenvalue weighted by atomic mass is 16.2. The third kappa shape index (κ3) is 3.47. The Bertz CT molecular complexity index is 897. The van der Waals surface area contributed by atoms with E-state index in [0.717, 1.165) is 10.5 Å². The first-order valence-corrected chi connectivity index (χ1v) is 8.20. The monoisotopic (exact) mass is 347 g/mol. The first-order chi connectivity index (χ1) is 12.5. The Kier molecular flexibility index (Phi) is 4.81. The van der Waals surface area contributed by atoms with Gasteiger partial charge in [0.25, 0.3) is 5.91 Å². The fourth-order valence-corrected chi connectivity index (χ4v) is 2.89. The van der Waals surface area contributed by atoms with Crippen molar-refractivity contribution in [2.24, 2.45) is 0 Å². The number of rotatable bonds is 4. The van der Waals surface area contributed by atoms with E-state index in [9.17, 15) is 14.4 Å². The molecule has 6 heteroatoms. The third-order valence-electron chi connectivity index (χ3n) is 4.25. The standard InChI is InChI=1S/C20H17N3O3/c1-22(13-15-7-5-14(12-21)6-8-15)20(26)16-3-2-4-17(11-16)23-18(24)9-10-19(23)25/h2-8,11H,9-10,13H2,1H3. The van der Waals surface area contributed by atoms with Crippen LogP contribution >= 0.6 is 0 Å². The molecule has 1 heterocycles. The number of hydrogen-bond donors (Lipinski definition) is 0. The minimum absolute atomic E-state index is 0.204. The van der Waals surface area contributed by atoms with Crippen molar-refractivity contribution in [2.75, 3.05) is 11.9 Å². The lowest BCUT2D eigenvalue weighted by Gasteiger charge is -2.19. The van der Waals surface area contributed by atoms with Crippen LogP contribution in [0.2, 0.25) is 0 Å². The molecule has 1 fully saturated rings. The zero-order valence-corrected chi connectivity index (χ0v) is 14.3. The van der Waals surface area contributed by atoms with Crippen LogP contribution in [0.15, 0.2) is 48.5 Å². The third-order valence-corrected chi connectivity index (χ3v) is 4.25. The second-order valence-electron chi connectivity index (χ2n) is 6.14. The summed E-state index contributed by atoms with van der Waals surface area (Å²) in [4.78, 5) is 39.1. The molecule has 130 valence electrons. The SMILES string of the molecule is CN(Cc1ccc(C#N)cc1)C(=O)c1cccc(N2C(=O)CCC2=O)c1. The molecule has 0 aliphatic carbocycles. The maximum Gasteiger partial charge on any atom is 0.253 e. The van der Waals surface area contributed by atoms with Gasteiger partial charge in [-0.2, -0.15) is 5.26 Å². The van der Waals surface area contributed by atoms with E-state index in [1.807, 2.05) is 0 Å². The molecule has 1 saturated heterocycles. The number of nitriles is 1. The Morgan fingerprint density at radius 2 is 1.77 bits per heavy atom. The van der Waals surface area contributed by atoms with Crippen molar-refractivity contribution < 1.29 is 14.4 Å². The van der Waals surface area contributed by atoms with Crippen molar-refractivity contribution in [1.82, 2.24) is 4.90 Å². The van der Waals surface area contributed by atoms with E-state index < -0.39 is 0 Å². The molecule has 1 aliphatic heterocycles. The lowest BCUT2D eigenvalue weighted by Crippen LogP contribution is -2.29. The van der Waals surface area contributed by atoms with Crippen molar-refractivity contribution in [3.63, 3.8) is 0 Å². The van der Waals surface area contributed by atoms with Crippen LogP contribution in [0, 0.1) is 11.3 Å². The van der Waals surface area contributed by atoms with Crippen LogP contribution in [-0.4, -0.2) is 29.7 Å². The molecule has 0 atom stereocenters. The van der Waals surface area contributed by atoms with Crippen LogP contribution in [-0.2, 0) is 16.1 Å².